The van der Waals surface area contributed by atoms with E-state index in [1.165, 1.54) is 5.57 Å². The highest BCUT2D eigenvalue weighted by atomic mass is 16.3. The number of nitrogens with one attached hydrogen (secondary N) is 1. The molecule has 0 spiro atoms. The average Bonchev–Trinajstić information content (AvgIpc) is 3.16. The molecule has 0 bridgehead atoms. The Morgan fingerprint density at radius 1 is 1.33 bits per heavy atom. The SMILES string of the molecule is CC#CC[C@@H](C)[C@H](O)/C=C/[C@@H]1[C@H]2C/C(=C/CCCC(=O)NC(C)(C)C)C[C@H]2C[C@H]1O. The molecule has 4 nitrogen and oxygen atoms in total. The van der Waals surface area contributed by atoms with Crippen molar-refractivity contribution >= 4 is 5.91 Å². The van der Waals surface area contributed by atoms with Crippen LogP contribution in [0.4, 0.5) is 0 Å². The van der Waals surface area contributed by atoms with Crippen LogP contribution < -0.4 is 5.32 Å². The summed E-state index contributed by atoms with van der Waals surface area (Å²) in [5.74, 6) is 7.23. The lowest BCUT2D eigenvalue weighted by Crippen LogP contribution is -2.40. The van der Waals surface area contributed by atoms with E-state index < -0.39 is 6.10 Å². The van der Waals surface area contributed by atoms with Crippen LogP contribution in [0.1, 0.15) is 79.6 Å². The van der Waals surface area contributed by atoms with Crippen molar-refractivity contribution in [3.63, 3.8) is 0 Å². The fourth-order valence-electron chi connectivity index (χ4n) is 4.80. The van der Waals surface area contributed by atoms with Gasteiger partial charge in [0, 0.05) is 24.3 Å². The van der Waals surface area contributed by atoms with Crippen LogP contribution in [-0.4, -0.2) is 33.9 Å². The molecule has 0 unspecified atom stereocenters. The molecule has 2 aliphatic rings. The number of fused-ring (bicyclic) bond motifs is 1. The molecule has 6 atom stereocenters. The van der Waals surface area contributed by atoms with Crippen molar-refractivity contribution in [3.05, 3.63) is 23.8 Å². The molecular weight excluding hydrogens is 374 g/mol. The van der Waals surface area contributed by atoms with Crippen molar-refractivity contribution in [2.24, 2.45) is 23.7 Å². The maximum absolute atomic E-state index is 11.9. The molecule has 3 N–H and O–H groups in total. The zero-order valence-electron chi connectivity index (χ0n) is 19.4. The molecule has 4 heteroatoms. The standard InChI is InChI=1S/C26H41NO3/c1-6-7-10-18(2)23(28)14-13-21-22-16-19(15-20(22)17-24(21)29)11-8-9-12-25(30)27-26(3,4)5/h11,13-14,18,20-24,28-29H,8-10,12,15-17H2,1-5H3,(H,27,30)/b14-13+,19-11+/t18-,20+,21-,22+,23-,24-/m1/s1. The molecule has 2 aliphatic carbocycles. The minimum Gasteiger partial charge on any atom is -0.392 e. The second-order valence-corrected chi connectivity index (χ2v) is 10.2. The number of carbonyl (C=O) groups excluding carboxylic acids is 1. The third kappa shape index (κ3) is 7.60. The summed E-state index contributed by atoms with van der Waals surface area (Å²) in [6, 6.07) is 0. The topological polar surface area (TPSA) is 69.6 Å². The van der Waals surface area contributed by atoms with E-state index in [-0.39, 0.29) is 29.4 Å². The molecule has 0 saturated heterocycles. The first-order valence-corrected chi connectivity index (χ1v) is 11.5. The number of amides is 1. The van der Waals surface area contributed by atoms with Gasteiger partial charge in [-0.25, -0.2) is 0 Å². The van der Waals surface area contributed by atoms with Crippen LogP contribution in [0, 0.1) is 35.5 Å². The number of unbranched alkanes of at least 4 members (excludes halogenated alkanes) is 1. The van der Waals surface area contributed by atoms with Crippen LogP contribution in [0.25, 0.3) is 0 Å². The predicted molar refractivity (Wildman–Crippen MR) is 123 cm³/mol. The van der Waals surface area contributed by atoms with Crippen LogP contribution in [0.2, 0.25) is 0 Å². The van der Waals surface area contributed by atoms with Gasteiger partial charge in [-0.1, -0.05) is 30.7 Å². The smallest absolute Gasteiger partial charge is 0.220 e. The van der Waals surface area contributed by atoms with Gasteiger partial charge in [0.05, 0.1) is 12.2 Å². The van der Waals surface area contributed by atoms with Crippen LogP contribution in [0.3, 0.4) is 0 Å². The summed E-state index contributed by atoms with van der Waals surface area (Å²) >= 11 is 0. The number of hydrogen-bond donors (Lipinski definition) is 3. The highest BCUT2D eigenvalue weighted by molar-refractivity contribution is 5.76. The fraction of sp³-hybridized carbons (Fsp3) is 0.731. The molecule has 168 valence electrons. The molecule has 0 aliphatic heterocycles. The van der Waals surface area contributed by atoms with E-state index in [0.29, 0.717) is 24.7 Å². The van der Waals surface area contributed by atoms with Crippen LogP contribution in [0.5, 0.6) is 0 Å². The molecule has 0 aromatic rings. The molecule has 2 saturated carbocycles. The first-order chi connectivity index (χ1) is 14.1. The molecular formula is C26H41NO3. The Hall–Kier alpha value is -1.57. The van der Waals surface area contributed by atoms with Crippen molar-refractivity contribution in [2.75, 3.05) is 0 Å². The van der Waals surface area contributed by atoms with Gasteiger partial charge in [-0.05, 0) is 77.6 Å². The summed E-state index contributed by atoms with van der Waals surface area (Å²) in [7, 11) is 0. The maximum Gasteiger partial charge on any atom is 0.220 e. The molecule has 0 radical (unpaired) electrons. The summed E-state index contributed by atoms with van der Waals surface area (Å²) < 4.78 is 0. The lowest BCUT2D eigenvalue weighted by molar-refractivity contribution is -0.122. The minimum atomic E-state index is -0.521. The molecule has 1 amide bonds. The highest BCUT2D eigenvalue weighted by Crippen LogP contribution is 2.50. The molecule has 0 aromatic heterocycles. The van der Waals surface area contributed by atoms with Crippen molar-refractivity contribution < 1.29 is 15.0 Å². The second kappa shape index (κ2) is 11.2. The Bertz CT molecular complexity index is 691. The lowest BCUT2D eigenvalue weighted by Gasteiger charge is -2.20. The first kappa shape index (κ1) is 24.7. The molecule has 0 heterocycles. The van der Waals surface area contributed by atoms with Crippen molar-refractivity contribution in [1.82, 2.24) is 5.32 Å². The number of carbonyl (C=O) groups is 1. The van der Waals surface area contributed by atoms with Gasteiger partial charge in [0.2, 0.25) is 5.91 Å². The van der Waals surface area contributed by atoms with Gasteiger partial charge in [0.25, 0.3) is 0 Å². The number of rotatable bonds is 8. The van der Waals surface area contributed by atoms with Crippen molar-refractivity contribution in [3.8, 4) is 11.8 Å². The molecule has 0 aromatic carbocycles. The van der Waals surface area contributed by atoms with Crippen LogP contribution >= 0.6 is 0 Å². The highest BCUT2D eigenvalue weighted by Gasteiger charge is 2.44. The van der Waals surface area contributed by atoms with Gasteiger partial charge in [-0.3, -0.25) is 4.79 Å². The normalized spacial score (nSPS) is 29.5. The van der Waals surface area contributed by atoms with E-state index in [0.717, 1.165) is 32.1 Å². The van der Waals surface area contributed by atoms with E-state index in [1.807, 2.05) is 40.7 Å². The van der Waals surface area contributed by atoms with Gasteiger partial charge in [0.1, 0.15) is 0 Å². The van der Waals surface area contributed by atoms with Gasteiger partial charge in [-0.15, -0.1) is 11.8 Å². The Morgan fingerprint density at radius 2 is 2.07 bits per heavy atom. The second-order valence-electron chi connectivity index (χ2n) is 10.2. The number of aliphatic hydroxyl groups is 2. The Morgan fingerprint density at radius 3 is 2.73 bits per heavy atom. The van der Waals surface area contributed by atoms with Gasteiger partial charge in [-0.2, -0.15) is 0 Å². The van der Waals surface area contributed by atoms with Crippen LogP contribution in [0.15, 0.2) is 23.8 Å². The Balaban J connectivity index is 1.83. The third-order valence-electron chi connectivity index (χ3n) is 6.38. The summed E-state index contributed by atoms with van der Waals surface area (Å²) in [5, 5.41) is 23.9. The summed E-state index contributed by atoms with van der Waals surface area (Å²) in [6.45, 7) is 9.83. The van der Waals surface area contributed by atoms with Crippen molar-refractivity contribution in [2.45, 2.75) is 97.3 Å². The monoisotopic (exact) mass is 415 g/mol. The Kier molecular flexibility index (Phi) is 9.19. The van der Waals surface area contributed by atoms with Gasteiger partial charge >= 0.3 is 0 Å². The lowest BCUT2D eigenvalue weighted by atomic mass is 9.89. The van der Waals surface area contributed by atoms with E-state index in [2.05, 4.69) is 29.3 Å². The van der Waals surface area contributed by atoms with E-state index >= 15 is 0 Å². The summed E-state index contributed by atoms with van der Waals surface area (Å²) in [6.07, 6.45) is 11.4. The zero-order chi connectivity index (χ0) is 22.3. The van der Waals surface area contributed by atoms with Crippen molar-refractivity contribution in [1.29, 1.82) is 0 Å². The number of aliphatic hydroxyl groups excluding tert-OH is 2. The fourth-order valence-corrected chi connectivity index (χ4v) is 4.80. The predicted octanol–water partition coefficient (Wildman–Crippen LogP) is 4.37. The molecule has 30 heavy (non-hydrogen) atoms. The van der Waals surface area contributed by atoms with Gasteiger partial charge < -0.3 is 15.5 Å². The third-order valence-corrected chi connectivity index (χ3v) is 6.38. The average molecular weight is 416 g/mol. The van der Waals surface area contributed by atoms with Gasteiger partial charge in [0.15, 0.2) is 0 Å². The summed E-state index contributed by atoms with van der Waals surface area (Å²) in [4.78, 5) is 11.9. The van der Waals surface area contributed by atoms with E-state index in [1.54, 1.807) is 0 Å². The van der Waals surface area contributed by atoms with E-state index in [9.17, 15) is 15.0 Å². The minimum absolute atomic E-state index is 0.0950. The van der Waals surface area contributed by atoms with E-state index in [4.69, 9.17) is 0 Å². The van der Waals surface area contributed by atoms with Crippen LogP contribution in [-0.2, 0) is 4.79 Å². The Labute approximate surface area is 183 Å². The largest absolute Gasteiger partial charge is 0.392 e. The first-order valence-electron chi connectivity index (χ1n) is 11.5. The molecule has 2 fully saturated rings. The molecule has 2 rings (SSSR count). The maximum atomic E-state index is 11.9. The number of hydrogen-bond acceptors (Lipinski definition) is 3. The number of allylic oxidation sites excluding steroid dienone is 2. The zero-order valence-corrected chi connectivity index (χ0v) is 19.4. The summed E-state index contributed by atoms with van der Waals surface area (Å²) in [5.41, 5.74) is 1.30. The quantitative estimate of drug-likeness (QED) is 0.313.